The molecule has 0 amide bonds. The van der Waals surface area contributed by atoms with Crippen LogP contribution in [0.25, 0.3) is 0 Å². The first-order valence-corrected chi connectivity index (χ1v) is 9.20. The van der Waals surface area contributed by atoms with Gasteiger partial charge in [0.15, 0.2) is 0 Å². The van der Waals surface area contributed by atoms with E-state index in [1.54, 1.807) is 6.92 Å². The van der Waals surface area contributed by atoms with E-state index in [1.165, 1.54) is 16.7 Å². The molecule has 0 radical (unpaired) electrons. The van der Waals surface area contributed by atoms with Crippen LogP contribution in [0.5, 0.6) is 0 Å². The van der Waals surface area contributed by atoms with Crippen LogP contribution >= 0.6 is 0 Å². The third-order valence-corrected chi connectivity index (χ3v) is 4.04. The fourth-order valence-electron chi connectivity index (χ4n) is 2.68. The summed E-state index contributed by atoms with van der Waals surface area (Å²) in [4.78, 5) is 0. The summed E-state index contributed by atoms with van der Waals surface area (Å²) >= 11 is 0. The smallest absolute Gasteiger partial charge is 0.0541 e. The number of benzene rings is 2. The van der Waals surface area contributed by atoms with Gasteiger partial charge in [-0.1, -0.05) is 91.4 Å². The molecule has 136 valence electrons. The molecular weight excluding hydrogens is 314 g/mol. The average Bonchev–Trinajstić information content (AvgIpc) is 2.68. The van der Waals surface area contributed by atoms with Crippen molar-refractivity contribution >= 4 is 0 Å². The van der Waals surface area contributed by atoms with Gasteiger partial charge in [-0.25, -0.2) is 0 Å². The van der Waals surface area contributed by atoms with E-state index < -0.39 is 0 Å². The van der Waals surface area contributed by atoms with Gasteiger partial charge in [0.05, 0.1) is 6.04 Å². The van der Waals surface area contributed by atoms with E-state index in [0.29, 0.717) is 6.04 Å². The minimum atomic E-state index is 0.216. The van der Waals surface area contributed by atoms with Crippen LogP contribution < -0.4 is 5.32 Å². The van der Waals surface area contributed by atoms with Gasteiger partial charge in [0.1, 0.15) is 0 Å². The molecule has 2 atom stereocenters. The lowest BCUT2D eigenvalue weighted by molar-refractivity contribution is 0.510. The van der Waals surface area contributed by atoms with Crippen LogP contribution in [-0.2, 0) is 0 Å². The van der Waals surface area contributed by atoms with Crippen LogP contribution in [-0.4, -0.2) is 0 Å². The van der Waals surface area contributed by atoms with E-state index in [1.807, 2.05) is 0 Å². The zero-order valence-electron chi connectivity index (χ0n) is 16.4. The normalized spacial score (nSPS) is 13.4. The zero-order chi connectivity index (χ0) is 19.2. The Bertz CT molecular complexity index is 705. The van der Waals surface area contributed by atoms with Crippen molar-refractivity contribution in [1.82, 2.24) is 5.32 Å². The lowest BCUT2D eigenvalue weighted by Gasteiger charge is -2.25. The molecule has 2 aromatic rings. The van der Waals surface area contributed by atoms with Gasteiger partial charge in [0.25, 0.3) is 0 Å². The van der Waals surface area contributed by atoms with Crippen molar-refractivity contribution in [1.29, 1.82) is 0 Å². The van der Waals surface area contributed by atoms with Crippen molar-refractivity contribution in [2.24, 2.45) is 0 Å². The fourth-order valence-corrected chi connectivity index (χ4v) is 2.68. The molecule has 0 bridgehead atoms. The van der Waals surface area contributed by atoms with Gasteiger partial charge < -0.3 is 0 Å². The largest absolute Gasteiger partial charge is 0.300 e. The van der Waals surface area contributed by atoms with Crippen molar-refractivity contribution in [3.8, 4) is 12.3 Å². The molecule has 1 heteroatoms. The van der Waals surface area contributed by atoms with Crippen LogP contribution in [0.15, 0.2) is 84.5 Å². The Morgan fingerprint density at radius 2 is 1.54 bits per heavy atom. The standard InChI is InChI=1S/C22H27N.C3H4/c1-4-5-8-13-18(2)22(21-16-11-7-12-17-21)23-19(3)20-14-9-6-10-15-20;1-3-2/h5-17,19,22-23H,4H2,1-3H3;1H,2H3/b8-5-,18-13+;. The molecule has 26 heavy (non-hydrogen) atoms. The fraction of sp³-hybridized carbons (Fsp3) is 0.280. The summed E-state index contributed by atoms with van der Waals surface area (Å²) in [5.41, 5.74) is 3.93. The summed E-state index contributed by atoms with van der Waals surface area (Å²) < 4.78 is 0. The molecule has 0 heterocycles. The van der Waals surface area contributed by atoms with E-state index in [2.05, 4.69) is 117 Å². The van der Waals surface area contributed by atoms with Gasteiger partial charge in [0, 0.05) is 6.04 Å². The number of terminal acetylenes is 1. The lowest BCUT2D eigenvalue weighted by atomic mass is 9.97. The molecule has 0 saturated carbocycles. The van der Waals surface area contributed by atoms with E-state index >= 15 is 0 Å². The van der Waals surface area contributed by atoms with Gasteiger partial charge in [0.2, 0.25) is 0 Å². The van der Waals surface area contributed by atoms with Crippen LogP contribution in [0.3, 0.4) is 0 Å². The highest BCUT2D eigenvalue weighted by Crippen LogP contribution is 2.25. The molecule has 2 aromatic carbocycles. The zero-order valence-corrected chi connectivity index (χ0v) is 16.4. The number of allylic oxidation sites excluding steroid dienone is 3. The van der Waals surface area contributed by atoms with Gasteiger partial charge in [-0.15, -0.1) is 12.3 Å². The van der Waals surface area contributed by atoms with Crippen molar-refractivity contribution in [3.63, 3.8) is 0 Å². The summed E-state index contributed by atoms with van der Waals surface area (Å²) in [5, 5.41) is 3.77. The van der Waals surface area contributed by atoms with Gasteiger partial charge >= 0.3 is 0 Å². The topological polar surface area (TPSA) is 12.0 Å². The number of hydrogen-bond acceptors (Lipinski definition) is 1. The molecule has 1 N–H and O–H groups in total. The summed E-state index contributed by atoms with van der Waals surface area (Å²) in [6.45, 7) is 8.23. The van der Waals surface area contributed by atoms with E-state index in [9.17, 15) is 0 Å². The van der Waals surface area contributed by atoms with Gasteiger partial charge in [-0.3, -0.25) is 5.32 Å². The van der Waals surface area contributed by atoms with E-state index in [0.717, 1.165) is 6.42 Å². The third kappa shape index (κ3) is 7.55. The molecule has 0 aliphatic rings. The highest BCUT2D eigenvalue weighted by atomic mass is 14.9. The maximum atomic E-state index is 4.60. The average molecular weight is 346 g/mol. The summed E-state index contributed by atoms with van der Waals surface area (Å²) in [6.07, 6.45) is 12.2. The molecule has 0 aliphatic carbocycles. The molecule has 0 fully saturated rings. The predicted molar refractivity (Wildman–Crippen MR) is 115 cm³/mol. The Kier molecular flexibility index (Phi) is 10.5. The molecule has 2 rings (SSSR count). The van der Waals surface area contributed by atoms with E-state index in [4.69, 9.17) is 0 Å². The van der Waals surface area contributed by atoms with Crippen molar-refractivity contribution in [2.75, 3.05) is 0 Å². The van der Waals surface area contributed by atoms with Crippen LogP contribution in [0.2, 0.25) is 0 Å². The SMILES string of the molecule is C#CC.CC/C=C\C=C(/C)C(NC(C)c1ccccc1)c1ccccc1. The Balaban J connectivity index is 0.00000105. The van der Waals surface area contributed by atoms with Crippen molar-refractivity contribution < 1.29 is 0 Å². The summed E-state index contributed by atoms with van der Waals surface area (Å²) in [7, 11) is 0. The molecule has 0 saturated heterocycles. The van der Waals surface area contributed by atoms with Crippen LogP contribution in [0.4, 0.5) is 0 Å². The maximum Gasteiger partial charge on any atom is 0.0541 e. The van der Waals surface area contributed by atoms with Gasteiger partial charge in [-0.05, 0) is 38.3 Å². The molecule has 1 nitrogen and oxygen atoms in total. The van der Waals surface area contributed by atoms with E-state index in [-0.39, 0.29) is 6.04 Å². The molecule has 0 aliphatic heterocycles. The Labute approximate surface area is 159 Å². The first-order chi connectivity index (χ1) is 12.6. The quantitative estimate of drug-likeness (QED) is 0.438. The highest BCUT2D eigenvalue weighted by molar-refractivity contribution is 5.30. The number of nitrogens with one attached hydrogen (secondary N) is 1. The number of rotatable bonds is 7. The monoisotopic (exact) mass is 345 g/mol. The summed E-state index contributed by atoms with van der Waals surface area (Å²) in [5.74, 6) is 2.25. The Morgan fingerprint density at radius 1 is 1.04 bits per heavy atom. The highest BCUT2D eigenvalue weighted by Gasteiger charge is 2.16. The van der Waals surface area contributed by atoms with Crippen molar-refractivity contribution in [2.45, 2.75) is 46.2 Å². The molecule has 2 unspecified atom stereocenters. The second-order valence-electron chi connectivity index (χ2n) is 6.18. The number of hydrogen-bond donors (Lipinski definition) is 1. The molecule has 0 aromatic heterocycles. The second kappa shape index (κ2) is 12.8. The van der Waals surface area contributed by atoms with Crippen LogP contribution in [0, 0.1) is 12.3 Å². The second-order valence-corrected chi connectivity index (χ2v) is 6.18. The van der Waals surface area contributed by atoms with Crippen LogP contribution in [0.1, 0.15) is 57.3 Å². The predicted octanol–water partition coefficient (Wildman–Crippen LogP) is 6.63. The minimum absolute atomic E-state index is 0.216. The lowest BCUT2D eigenvalue weighted by Crippen LogP contribution is -2.25. The Morgan fingerprint density at radius 3 is 2.04 bits per heavy atom. The first-order valence-electron chi connectivity index (χ1n) is 9.20. The Hall–Kier alpha value is -2.56. The maximum absolute atomic E-state index is 4.60. The third-order valence-electron chi connectivity index (χ3n) is 4.04. The summed E-state index contributed by atoms with van der Waals surface area (Å²) in [6, 6.07) is 21.8. The minimum Gasteiger partial charge on any atom is -0.300 e. The molecule has 0 spiro atoms. The van der Waals surface area contributed by atoms with Gasteiger partial charge in [-0.2, -0.15) is 0 Å². The first kappa shape index (κ1) is 21.5. The molecular formula is C25H31N. The van der Waals surface area contributed by atoms with Crippen molar-refractivity contribution in [3.05, 3.63) is 95.6 Å².